The Morgan fingerprint density at radius 1 is 1.38 bits per heavy atom. The van der Waals surface area contributed by atoms with Gasteiger partial charge in [0.2, 0.25) is 0 Å². The van der Waals surface area contributed by atoms with Gasteiger partial charge in [0.25, 0.3) is 5.91 Å². The lowest BCUT2D eigenvalue weighted by atomic mass is 10.0. The van der Waals surface area contributed by atoms with Crippen molar-refractivity contribution in [1.82, 2.24) is 10.2 Å². The van der Waals surface area contributed by atoms with Crippen molar-refractivity contribution >= 4 is 11.6 Å². The van der Waals surface area contributed by atoms with E-state index in [4.69, 9.17) is 5.73 Å². The highest BCUT2D eigenvalue weighted by Crippen LogP contribution is 2.19. The summed E-state index contributed by atoms with van der Waals surface area (Å²) in [6, 6.07) is 5.54. The highest BCUT2D eigenvalue weighted by atomic mass is 16.1. The lowest BCUT2D eigenvalue weighted by Gasteiger charge is -2.08. The predicted octanol–water partition coefficient (Wildman–Crippen LogP) is 1.90. The Hall–Kier alpha value is -2.58. The summed E-state index contributed by atoms with van der Waals surface area (Å²) in [5, 5.41) is 9.79. The van der Waals surface area contributed by atoms with Gasteiger partial charge >= 0.3 is 0 Å². The molecule has 108 valence electrons. The molecule has 21 heavy (non-hydrogen) atoms. The molecule has 0 fully saturated rings. The summed E-state index contributed by atoms with van der Waals surface area (Å²) in [4.78, 5) is 12.5. The van der Waals surface area contributed by atoms with E-state index in [0.29, 0.717) is 16.8 Å². The number of rotatable bonds is 2. The number of nitrogens with one attached hydrogen (secondary N) is 2. The molecule has 0 aliphatic rings. The maximum absolute atomic E-state index is 12.5. The van der Waals surface area contributed by atoms with Crippen LogP contribution in [0.2, 0.25) is 0 Å². The first-order valence-corrected chi connectivity index (χ1v) is 6.65. The minimum absolute atomic E-state index is 0.205. The summed E-state index contributed by atoms with van der Waals surface area (Å²) >= 11 is 0. The van der Waals surface area contributed by atoms with E-state index in [1.165, 1.54) is 0 Å². The summed E-state index contributed by atoms with van der Waals surface area (Å²) in [6.07, 6.45) is 0. The molecule has 0 aliphatic carbocycles. The standard InChI is InChI=1S/C16H18N4O/c1-10-6-7-14(13(9-10)5-4-8-17)16(21)18-15-11(2)19-20-12(15)3/h6-7,9H,8,17H2,1-3H3,(H,18,21)(H,19,20). The number of aryl methyl sites for hydroxylation is 3. The van der Waals surface area contributed by atoms with E-state index < -0.39 is 0 Å². The molecular formula is C16H18N4O. The Morgan fingerprint density at radius 2 is 2.14 bits per heavy atom. The van der Waals surface area contributed by atoms with Gasteiger partial charge in [-0.2, -0.15) is 5.10 Å². The first-order valence-electron chi connectivity index (χ1n) is 6.65. The number of nitrogens with two attached hydrogens (primary N) is 1. The first kappa shape index (κ1) is 14.8. The zero-order valence-corrected chi connectivity index (χ0v) is 12.4. The zero-order chi connectivity index (χ0) is 15.4. The van der Waals surface area contributed by atoms with Crippen molar-refractivity contribution in [2.75, 3.05) is 11.9 Å². The summed E-state index contributed by atoms with van der Waals surface area (Å²) in [7, 11) is 0. The number of carbonyl (C=O) groups excluding carboxylic acids is 1. The van der Waals surface area contributed by atoms with E-state index in [-0.39, 0.29) is 12.5 Å². The molecular weight excluding hydrogens is 264 g/mol. The van der Waals surface area contributed by atoms with Crippen LogP contribution in [-0.4, -0.2) is 22.6 Å². The SMILES string of the molecule is Cc1ccc(C(=O)Nc2c(C)n[nH]c2C)c(C#CCN)c1. The normalized spacial score (nSPS) is 9.90. The number of aromatic nitrogens is 2. The average molecular weight is 282 g/mol. The number of nitrogens with zero attached hydrogens (tertiary/aromatic N) is 1. The number of anilines is 1. The highest BCUT2D eigenvalue weighted by molar-refractivity contribution is 6.06. The summed E-state index contributed by atoms with van der Waals surface area (Å²) in [5.74, 6) is 5.53. The molecule has 5 heteroatoms. The van der Waals surface area contributed by atoms with E-state index in [0.717, 1.165) is 17.0 Å². The lowest BCUT2D eigenvalue weighted by Crippen LogP contribution is -2.14. The summed E-state index contributed by atoms with van der Waals surface area (Å²) in [5.41, 5.74) is 9.94. The van der Waals surface area contributed by atoms with Crippen LogP contribution in [-0.2, 0) is 0 Å². The Kier molecular flexibility index (Phi) is 4.41. The second-order valence-corrected chi connectivity index (χ2v) is 4.82. The van der Waals surface area contributed by atoms with E-state index >= 15 is 0 Å². The first-order chi connectivity index (χ1) is 10.0. The number of H-pyrrole nitrogens is 1. The van der Waals surface area contributed by atoms with E-state index in [9.17, 15) is 4.79 Å². The highest BCUT2D eigenvalue weighted by Gasteiger charge is 2.14. The lowest BCUT2D eigenvalue weighted by molar-refractivity contribution is 0.102. The van der Waals surface area contributed by atoms with Crippen LogP contribution in [0.3, 0.4) is 0 Å². The molecule has 4 N–H and O–H groups in total. The van der Waals surface area contributed by atoms with Crippen LogP contribution in [0.4, 0.5) is 5.69 Å². The number of benzene rings is 1. The smallest absolute Gasteiger partial charge is 0.257 e. The minimum atomic E-state index is -0.205. The fourth-order valence-electron chi connectivity index (χ4n) is 2.02. The zero-order valence-electron chi connectivity index (χ0n) is 12.4. The molecule has 1 amide bonds. The van der Waals surface area contributed by atoms with Crippen molar-refractivity contribution in [3.8, 4) is 11.8 Å². The second-order valence-electron chi connectivity index (χ2n) is 4.82. The molecule has 1 aromatic heterocycles. The monoisotopic (exact) mass is 282 g/mol. The third-order valence-electron chi connectivity index (χ3n) is 3.11. The van der Waals surface area contributed by atoms with Crippen LogP contribution < -0.4 is 11.1 Å². The summed E-state index contributed by atoms with van der Waals surface area (Å²) in [6.45, 7) is 5.91. The van der Waals surface area contributed by atoms with Gasteiger partial charge in [0.05, 0.1) is 29.2 Å². The maximum atomic E-state index is 12.5. The molecule has 0 atom stereocenters. The molecule has 2 rings (SSSR count). The predicted molar refractivity (Wildman–Crippen MR) is 83.1 cm³/mol. The van der Waals surface area contributed by atoms with E-state index in [2.05, 4.69) is 27.4 Å². The van der Waals surface area contributed by atoms with E-state index in [1.807, 2.05) is 32.9 Å². The molecule has 2 aromatic rings. The molecule has 1 heterocycles. The number of aromatic amines is 1. The molecule has 5 nitrogen and oxygen atoms in total. The Morgan fingerprint density at radius 3 is 2.76 bits per heavy atom. The number of hydrogen-bond acceptors (Lipinski definition) is 3. The Bertz CT molecular complexity index is 715. The molecule has 0 saturated heterocycles. The van der Waals surface area contributed by atoms with Crippen LogP contribution in [0.5, 0.6) is 0 Å². The topological polar surface area (TPSA) is 83.8 Å². The molecule has 0 spiro atoms. The van der Waals surface area contributed by atoms with Gasteiger partial charge in [-0.25, -0.2) is 0 Å². The quantitative estimate of drug-likeness (QED) is 0.736. The third-order valence-corrected chi connectivity index (χ3v) is 3.11. The second kappa shape index (κ2) is 6.25. The molecule has 0 radical (unpaired) electrons. The third kappa shape index (κ3) is 3.30. The van der Waals surface area contributed by atoms with Gasteiger partial charge < -0.3 is 11.1 Å². The van der Waals surface area contributed by atoms with Crippen molar-refractivity contribution in [2.24, 2.45) is 5.73 Å². The largest absolute Gasteiger partial charge is 0.320 e. The summed E-state index contributed by atoms with van der Waals surface area (Å²) < 4.78 is 0. The van der Waals surface area contributed by atoms with Crippen molar-refractivity contribution in [3.63, 3.8) is 0 Å². The van der Waals surface area contributed by atoms with Gasteiger partial charge in [-0.3, -0.25) is 9.89 Å². The Labute approximate surface area is 123 Å². The van der Waals surface area contributed by atoms with Crippen molar-refractivity contribution in [2.45, 2.75) is 20.8 Å². The van der Waals surface area contributed by atoms with Crippen LogP contribution >= 0.6 is 0 Å². The molecule has 0 bridgehead atoms. The van der Waals surface area contributed by atoms with Crippen LogP contribution in [0.25, 0.3) is 0 Å². The fraction of sp³-hybridized carbons (Fsp3) is 0.250. The molecule has 1 aromatic carbocycles. The van der Waals surface area contributed by atoms with Crippen LogP contribution in [0, 0.1) is 32.6 Å². The van der Waals surface area contributed by atoms with Gasteiger partial charge in [0.1, 0.15) is 0 Å². The Balaban J connectivity index is 2.35. The molecule has 0 unspecified atom stereocenters. The fourth-order valence-corrected chi connectivity index (χ4v) is 2.02. The van der Waals surface area contributed by atoms with Gasteiger partial charge in [-0.05, 0) is 38.5 Å². The number of amides is 1. The van der Waals surface area contributed by atoms with E-state index in [1.54, 1.807) is 6.07 Å². The van der Waals surface area contributed by atoms with Gasteiger partial charge in [0.15, 0.2) is 0 Å². The van der Waals surface area contributed by atoms with Gasteiger partial charge in [-0.15, -0.1) is 0 Å². The van der Waals surface area contributed by atoms with Crippen molar-refractivity contribution in [3.05, 3.63) is 46.3 Å². The molecule has 0 saturated carbocycles. The molecule has 0 aliphatic heterocycles. The van der Waals surface area contributed by atoms with Crippen molar-refractivity contribution < 1.29 is 4.79 Å². The number of carbonyl (C=O) groups is 1. The van der Waals surface area contributed by atoms with Crippen LogP contribution in [0.15, 0.2) is 18.2 Å². The van der Waals surface area contributed by atoms with Crippen molar-refractivity contribution in [1.29, 1.82) is 0 Å². The van der Waals surface area contributed by atoms with Gasteiger partial charge in [0, 0.05) is 5.56 Å². The number of hydrogen-bond donors (Lipinski definition) is 3. The van der Waals surface area contributed by atoms with Crippen LogP contribution in [0.1, 0.15) is 32.9 Å². The average Bonchev–Trinajstić information content (AvgIpc) is 2.77. The maximum Gasteiger partial charge on any atom is 0.257 e. The minimum Gasteiger partial charge on any atom is -0.320 e. The van der Waals surface area contributed by atoms with Gasteiger partial charge in [-0.1, -0.05) is 17.9 Å².